The maximum Gasteiger partial charge on any atom is 0.242 e. The van der Waals surface area contributed by atoms with Gasteiger partial charge in [-0.1, -0.05) is 0 Å². The summed E-state index contributed by atoms with van der Waals surface area (Å²) >= 11 is 0. The van der Waals surface area contributed by atoms with Crippen LogP contribution >= 0.6 is 0 Å². The van der Waals surface area contributed by atoms with Crippen molar-refractivity contribution in [2.75, 3.05) is 31.6 Å². The second-order valence-electron chi connectivity index (χ2n) is 7.38. The second kappa shape index (κ2) is 9.99. The molecule has 1 fully saturated rings. The molecule has 2 aromatic rings. The van der Waals surface area contributed by atoms with Crippen LogP contribution in [0.25, 0.3) is 0 Å². The van der Waals surface area contributed by atoms with Gasteiger partial charge in [-0.3, -0.25) is 4.79 Å². The van der Waals surface area contributed by atoms with Crippen LogP contribution in [-0.4, -0.2) is 50.3 Å². The van der Waals surface area contributed by atoms with Gasteiger partial charge >= 0.3 is 0 Å². The molecule has 1 aliphatic heterocycles. The first kappa shape index (κ1) is 22.2. The minimum absolute atomic E-state index is 0.0299. The summed E-state index contributed by atoms with van der Waals surface area (Å²) in [6.45, 7) is 2.63. The largest absolute Gasteiger partial charge is 0.357 e. The first-order valence-corrected chi connectivity index (χ1v) is 11.5. The molecular weight excluding hydrogens is 407 g/mol. The number of halogens is 1. The minimum atomic E-state index is -3.70. The smallest absolute Gasteiger partial charge is 0.242 e. The molecule has 0 spiro atoms. The van der Waals surface area contributed by atoms with Crippen LogP contribution in [0.5, 0.6) is 0 Å². The van der Waals surface area contributed by atoms with E-state index in [-0.39, 0.29) is 23.8 Å². The van der Waals surface area contributed by atoms with Gasteiger partial charge in [-0.25, -0.2) is 22.1 Å². The standard InChI is InChI=1S/C21H27FN4O3S/c1-25(30(28,29)19-8-6-18(22)7-9-19)12-4-5-21(27)24-16-17-10-11-23-20(15-17)26-13-2-3-14-26/h6-11,15H,2-5,12-14,16H2,1H3,(H,24,27). The molecule has 0 unspecified atom stereocenters. The van der Waals surface area contributed by atoms with E-state index in [2.05, 4.69) is 15.2 Å². The van der Waals surface area contributed by atoms with Crippen LogP contribution in [0.15, 0.2) is 47.5 Å². The zero-order valence-electron chi connectivity index (χ0n) is 17.1. The molecule has 7 nitrogen and oxygen atoms in total. The van der Waals surface area contributed by atoms with Gasteiger partial charge in [0, 0.05) is 45.8 Å². The quantitative estimate of drug-likeness (QED) is 0.656. The first-order chi connectivity index (χ1) is 14.4. The van der Waals surface area contributed by atoms with E-state index in [1.165, 1.54) is 36.3 Å². The number of sulfonamides is 1. The van der Waals surface area contributed by atoms with Crippen LogP contribution in [0.1, 0.15) is 31.2 Å². The summed E-state index contributed by atoms with van der Waals surface area (Å²) in [5, 5.41) is 2.87. The topological polar surface area (TPSA) is 82.6 Å². The molecule has 0 saturated carbocycles. The van der Waals surface area contributed by atoms with E-state index in [1.54, 1.807) is 6.20 Å². The Morgan fingerprint density at radius 3 is 2.60 bits per heavy atom. The molecule has 1 N–H and O–H groups in total. The van der Waals surface area contributed by atoms with Crippen molar-refractivity contribution in [3.8, 4) is 0 Å². The van der Waals surface area contributed by atoms with Crippen molar-refractivity contribution in [1.29, 1.82) is 0 Å². The molecule has 0 aliphatic carbocycles. The molecule has 1 aromatic heterocycles. The summed E-state index contributed by atoms with van der Waals surface area (Å²) in [6.07, 6.45) is 4.71. The molecule has 2 heterocycles. The molecule has 162 valence electrons. The zero-order valence-corrected chi connectivity index (χ0v) is 17.9. The number of carbonyl (C=O) groups excluding carboxylic acids is 1. The van der Waals surface area contributed by atoms with Crippen molar-refractivity contribution in [2.45, 2.75) is 37.1 Å². The van der Waals surface area contributed by atoms with E-state index in [0.29, 0.717) is 13.0 Å². The highest BCUT2D eigenvalue weighted by Gasteiger charge is 2.20. The fraction of sp³-hybridized carbons (Fsp3) is 0.429. The molecule has 9 heteroatoms. The third kappa shape index (κ3) is 5.76. The number of nitrogens with one attached hydrogen (secondary N) is 1. The third-order valence-electron chi connectivity index (χ3n) is 5.13. The van der Waals surface area contributed by atoms with E-state index in [4.69, 9.17) is 0 Å². The van der Waals surface area contributed by atoms with Gasteiger partial charge in [0.05, 0.1) is 4.90 Å². The minimum Gasteiger partial charge on any atom is -0.357 e. The van der Waals surface area contributed by atoms with E-state index in [1.807, 2.05) is 12.1 Å². The van der Waals surface area contributed by atoms with Gasteiger partial charge in [-0.15, -0.1) is 0 Å². The average Bonchev–Trinajstić information content (AvgIpc) is 3.28. The molecule has 1 aromatic carbocycles. The average molecular weight is 435 g/mol. The number of anilines is 1. The van der Waals surface area contributed by atoms with Gasteiger partial charge in [-0.2, -0.15) is 0 Å². The van der Waals surface area contributed by atoms with Crippen LogP contribution in [-0.2, 0) is 21.4 Å². The number of benzene rings is 1. The lowest BCUT2D eigenvalue weighted by Gasteiger charge is -2.17. The number of nitrogens with zero attached hydrogens (tertiary/aromatic N) is 3. The Balaban J connectivity index is 1.43. The van der Waals surface area contributed by atoms with Crippen molar-refractivity contribution in [2.24, 2.45) is 0 Å². The first-order valence-electron chi connectivity index (χ1n) is 10.0. The summed E-state index contributed by atoms with van der Waals surface area (Å²) in [7, 11) is -2.25. The van der Waals surface area contributed by atoms with Crippen molar-refractivity contribution in [3.05, 3.63) is 54.0 Å². The number of aromatic nitrogens is 1. The van der Waals surface area contributed by atoms with E-state index in [0.717, 1.165) is 36.6 Å². The highest BCUT2D eigenvalue weighted by Crippen LogP contribution is 2.18. The number of carbonyl (C=O) groups is 1. The van der Waals surface area contributed by atoms with E-state index in [9.17, 15) is 17.6 Å². The molecule has 0 atom stereocenters. The lowest BCUT2D eigenvalue weighted by Crippen LogP contribution is -2.29. The van der Waals surface area contributed by atoms with Gasteiger partial charge in [-0.05, 0) is 61.2 Å². The van der Waals surface area contributed by atoms with Crippen LogP contribution in [0.4, 0.5) is 10.2 Å². The normalized spacial score (nSPS) is 14.3. The van der Waals surface area contributed by atoms with Crippen LogP contribution < -0.4 is 10.2 Å². The molecule has 1 amide bonds. The fourth-order valence-electron chi connectivity index (χ4n) is 3.35. The highest BCUT2D eigenvalue weighted by atomic mass is 32.2. The summed E-state index contributed by atoms with van der Waals surface area (Å²) < 4.78 is 39.1. The monoisotopic (exact) mass is 434 g/mol. The summed E-state index contributed by atoms with van der Waals surface area (Å²) in [5.41, 5.74) is 0.983. The molecule has 1 aliphatic rings. The van der Waals surface area contributed by atoms with Crippen LogP contribution in [0, 0.1) is 5.82 Å². The fourth-order valence-corrected chi connectivity index (χ4v) is 4.56. The SMILES string of the molecule is CN(CCCC(=O)NCc1ccnc(N2CCCC2)c1)S(=O)(=O)c1ccc(F)cc1. The van der Waals surface area contributed by atoms with Crippen molar-refractivity contribution in [3.63, 3.8) is 0 Å². The Hall–Kier alpha value is -2.52. The van der Waals surface area contributed by atoms with E-state index < -0.39 is 15.8 Å². The molecule has 3 rings (SSSR count). The predicted molar refractivity (Wildman–Crippen MR) is 113 cm³/mol. The Bertz CT molecular complexity index is 960. The van der Waals surface area contributed by atoms with Gasteiger partial charge in [0.25, 0.3) is 0 Å². The third-order valence-corrected chi connectivity index (χ3v) is 7.00. The lowest BCUT2D eigenvalue weighted by molar-refractivity contribution is -0.121. The maximum atomic E-state index is 13.0. The number of amides is 1. The van der Waals surface area contributed by atoms with Crippen LogP contribution in [0.3, 0.4) is 0 Å². The Kier molecular flexibility index (Phi) is 7.38. The molecule has 1 saturated heterocycles. The molecule has 0 radical (unpaired) electrons. The number of hydrogen-bond acceptors (Lipinski definition) is 5. The second-order valence-corrected chi connectivity index (χ2v) is 9.42. The summed E-state index contributed by atoms with van der Waals surface area (Å²) in [4.78, 5) is 18.8. The maximum absolute atomic E-state index is 13.0. The van der Waals surface area contributed by atoms with Crippen molar-refractivity contribution < 1.29 is 17.6 Å². The zero-order chi connectivity index (χ0) is 21.6. The number of rotatable bonds is 9. The van der Waals surface area contributed by atoms with Gasteiger partial charge in [0.2, 0.25) is 15.9 Å². The number of pyridine rings is 1. The Labute approximate surface area is 177 Å². The van der Waals surface area contributed by atoms with Gasteiger partial charge in [0.1, 0.15) is 11.6 Å². The Morgan fingerprint density at radius 1 is 1.20 bits per heavy atom. The predicted octanol–water partition coefficient (Wildman–Crippen LogP) is 2.54. The Morgan fingerprint density at radius 2 is 1.90 bits per heavy atom. The summed E-state index contributed by atoms with van der Waals surface area (Å²) in [6, 6.07) is 8.57. The van der Waals surface area contributed by atoms with E-state index >= 15 is 0 Å². The molecular formula is C21H27FN4O3S. The van der Waals surface area contributed by atoms with Gasteiger partial charge in [0.15, 0.2) is 0 Å². The van der Waals surface area contributed by atoms with Gasteiger partial charge < -0.3 is 10.2 Å². The molecule has 30 heavy (non-hydrogen) atoms. The van der Waals surface area contributed by atoms with Crippen molar-refractivity contribution >= 4 is 21.7 Å². The molecule has 0 bridgehead atoms. The number of hydrogen-bond donors (Lipinski definition) is 1. The van der Waals surface area contributed by atoms with Crippen molar-refractivity contribution in [1.82, 2.24) is 14.6 Å². The van der Waals surface area contributed by atoms with Crippen LogP contribution in [0.2, 0.25) is 0 Å². The summed E-state index contributed by atoms with van der Waals surface area (Å²) in [5.74, 6) is 0.309. The lowest BCUT2D eigenvalue weighted by atomic mass is 10.2. The highest BCUT2D eigenvalue weighted by molar-refractivity contribution is 7.89.